The molecule has 0 spiro atoms. The average molecular weight is 226 g/mol. The number of amides is 1. The summed E-state index contributed by atoms with van der Waals surface area (Å²) in [5.74, 6) is 0. The van der Waals surface area contributed by atoms with E-state index in [1.165, 1.54) is 4.90 Å². The first kappa shape index (κ1) is 11.2. The smallest absolute Gasteiger partial charge is 0.213 e. The van der Waals surface area contributed by atoms with Crippen LogP contribution in [0.1, 0.15) is 0 Å². The van der Waals surface area contributed by atoms with Gasteiger partial charge in [0.15, 0.2) is 0 Å². The van der Waals surface area contributed by atoms with Crippen molar-refractivity contribution in [3.8, 4) is 0 Å². The molecule has 2 aromatic carbocycles. The number of nitrogens with zero attached hydrogens (tertiary/aromatic N) is 1. The molecule has 2 aromatic rings. The third kappa shape index (κ3) is 2.84. The SMILES string of the molecule is CN(C=O)c1ccc(Nc2ccccc2)cc1. The van der Waals surface area contributed by atoms with Crippen LogP contribution in [0.2, 0.25) is 0 Å². The summed E-state index contributed by atoms with van der Waals surface area (Å²) in [6.45, 7) is 0. The molecule has 0 atom stereocenters. The number of anilines is 3. The molecule has 0 bridgehead atoms. The number of para-hydroxylation sites is 1. The lowest BCUT2D eigenvalue weighted by molar-refractivity contribution is -0.107. The van der Waals surface area contributed by atoms with Gasteiger partial charge in [-0.05, 0) is 36.4 Å². The zero-order chi connectivity index (χ0) is 12.1. The van der Waals surface area contributed by atoms with E-state index in [0.29, 0.717) is 0 Å². The van der Waals surface area contributed by atoms with Gasteiger partial charge in [0, 0.05) is 24.1 Å². The summed E-state index contributed by atoms with van der Waals surface area (Å²) in [6.07, 6.45) is 0.791. The van der Waals surface area contributed by atoms with E-state index in [1.54, 1.807) is 7.05 Å². The van der Waals surface area contributed by atoms with Gasteiger partial charge in [0.25, 0.3) is 0 Å². The van der Waals surface area contributed by atoms with Crippen LogP contribution in [-0.2, 0) is 4.79 Å². The van der Waals surface area contributed by atoms with E-state index in [9.17, 15) is 4.79 Å². The van der Waals surface area contributed by atoms with Crippen molar-refractivity contribution in [2.75, 3.05) is 17.3 Å². The lowest BCUT2D eigenvalue weighted by Crippen LogP contribution is -2.13. The van der Waals surface area contributed by atoms with Crippen LogP contribution in [0, 0.1) is 0 Å². The Labute approximate surface area is 101 Å². The number of nitrogens with one attached hydrogen (secondary N) is 1. The summed E-state index contributed by atoms with van der Waals surface area (Å²) < 4.78 is 0. The van der Waals surface area contributed by atoms with Gasteiger partial charge in [0.1, 0.15) is 0 Å². The van der Waals surface area contributed by atoms with Crippen LogP contribution < -0.4 is 10.2 Å². The Balaban J connectivity index is 2.11. The van der Waals surface area contributed by atoms with E-state index < -0.39 is 0 Å². The lowest BCUT2D eigenvalue weighted by Gasteiger charge is -2.12. The highest BCUT2D eigenvalue weighted by Gasteiger charge is 1.98. The van der Waals surface area contributed by atoms with Crippen LogP contribution in [0.25, 0.3) is 0 Å². The summed E-state index contributed by atoms with van der Waals surface area (Å²) in [6, 6.07) is 17.7. The van der Waals surface area contributed by atoms with Crippen LogP contribution in [0.4, 0.5) is 17.1 Å². The van der Waals surface area contributed by atoms with Crippen LogP contribution >= 0.6 is 0 Å². The maximum Gasteiger partial charge on any atom is 0.213 e. The minimum atomic E-state index is 0.791. The van der Waals surface area contributed by atoms with E-state index in [4.69, 9.17) is 0 Å². The van der Waals surface area contributed by atoms with Crippen molar-refractivity contribution in [2.24, 2.45) is 0 Å². The minimum absolute atomic E-state index is 0.791. The zero-order valence-corrected chi connectivity index (χ0v) is 9.63. The maximum atomic E-state index is 10.6. The molecule has 3 nitrogen and oxygen atoms in total. The predicted octanol–water partition coefficient (Wildman–Crippen LogP) is 3.02. The van der Waals surface area contributed by atoms with Gasteiger partial charge in [-0.1, -0.05) is 18.2 Å². The first-order valence-electron chi connectivity index (χ1n) is 5.40. The first-order valence-corrected chi connectivity index (χ1v) is 5.40. The number of carbonyl (C=O) groups is 1. The Morgan fingerprint density at radius 1 is 0.941 bits per heavy atom. The molecule has 0 aliphatic heterocycles. The molecule has 0 saturated heterocycles. The molecule has 0 heterocycles. The highest BCUT2D eigenvalue weighted by molar-refractivity contribution is 5.75. The van der Waals surface area contributed by atoms with E-state index in [-0.39, 0.29) is 0 Å². The molecule has 86 valence electrons. The largest absolute Gasteiger partial charge is 0.356 e. The normalized spacial score (nSPS) is 9.71. The van der Waals surface area contributed by atoms with Crippen LogP contribution in [0.5, 0.6) is 0 Å². The summed E-state index contributed by atoms with van der Waals surface area (Å²) in [7, 11) is 1.73. The molecule has 0 radical (unpaired) electrons. The summed E-state index contributed by atoms with van der Waals surface area (Å²) in [5, 5.41) is 3.28. The van der Waals surface area contributed by atoms with Gasteiger partial charge < -0.3 is 10.2 Å². The summed E-state index contributed by atoms with van der Waals surface area (Å²) >= 11 is 0. The Morgan fingerprint density at radius 3 is 2.12 bits per heavy atom. The lowest BCUT2D eigenvalue weighted by atomic mass is 10.2. The van der Waals surface area contributed by atoms with Crippen molar-refractivity contribution in [3.63, 3.8) is 0 Å². The number of carbonyl (C=O) groups excluding carboxylic acids is 1. The van der Waals surface area contributed by atoms with Crippen molar-refractivity contribution in [3.05, 3.63) is 54.6 Å². The highest BCUT2D eigenvalue weighted by atomic mass is 16.1. The molecular weight excluding hydrogens is 212 g/mol. The monoisotopic (exact) mass is 226 g/mol. The van der Waals surface area contributed by atoms with Gasteiger partial charge >= 0.3 is 0 Å². The third-order valence-corrected chi connectivity index (χ3v) is 2.50. The van der Waals surface area contributed by atoms with Crippen LogP contribution in [-0.4, -0.2) is 13.5 Å². The number of hydrogen-bond donors (Lipinski definition) is 1. The fourth-order valence-electron chi connectivity index (χ4n) is 1.53. The topological polar surface area (TPSA) is 32.3 Å². The second kappa shape index (κ2) is 5.16. The van der Waals surface area contributed by atoms with E-state index in [1.807, 2.05) is 54.6 Å². The predicted molar refractivity (Wildman–Crippen MR) is 70.6 cm³/mol. The van der Waals surface area contributed by atoms with Crippen molar-refractivity contribution in [1.29, 1.82) is 0 Å². The molecule has 0 unspecified atom stereocenters. The van der Waals surface area contributed by atoms with Gasteiger partial charge in [-0.25, -0.2) is 0 Å². The fourth-order valence-corrected chi connectivity index (χ4v) is 1.53. The van der Waals surface area contributed by atoms with Gasteiger partial charge in [-0.3, -0.25) is 4.79 Å². The van der Waals surface area contributed by atoms with E-state index in [0.717, 1.165) is 23.5 Å². The number of hydrogen-bond acceptors (Lipinski definition) is 2. The maximum absolute atomic E-state index is 10.6. The Morgan fingerprint density at radius 2 is 1.53 bits per heavy atom. The molecule has 1 amide bonds. The quantitative estimate of drug-likeness (QED) is 0.813. The van der Waals surface area contributed by atoms with E-state index >= 15 is 0 Å². The molecule has 0 aliphatic carbocycles. The molecule has 0 saturated carbocycles. The molecule has 3 heteroatoms. The minimum Gasteiger partial charge on any atom is -0.356 e. The summed E-state index contributed by atoms with van der Waals surface area (Å²) in [4.78, 5) is 12.1. The second-order valence-corrected chi connectivity index (χ2v) is 3.75. The Hall–Kier alpha value is -2.29. The molecule has 2 rings (SSSR count). The molecular formula is C14H14N2O. The van der Waals surface area contributed by atoms with Gasteiger partial charge in [0.05, 0.1) is 0 Å². The van der Waals surface area contributed by atoms with Gasteiger partial charge in [-0.15, -0.1) is 0 Å². The molecule has 0 aromatic heterocycles. The first-order chi connectivity index (χ1) is 8.29. The highest BCUT2D eigenvalue weighted by Crippen LogP contribution is 2.19. The van der Waals surface area contributed by atoms with Gasteiger partial charge in [0.2, 0.25) is 6.41 Å². The van der Waals surface area contributed by atoms with Crippen LogP contribution in [0.15, 0.2) is 54.6 Å². The molecule has 17 heavy (non-hydrogen) atoms. The van der Waals surface area contributed by atoms with Crippen LogP contribution in [0.3, 0.4) is 0 Å². The zero-order valence-electron chi connectivity index (χ0n) is 9.63. The second-order valence-electron chi connectivity index (χ2n) is 3.75. The van der Waals surface area contributed by atoms with Crippen molar-refractivity contribution >= 4 is 23.5 Å². The van der Waals surface area contributed by atoms with Crippen molar-refractivity contribution in [1.82, 2.24) is 0 Å². The van der Waals surface area contributed by atoms with Gasteiger partial charge in [-0.2, -0.15) is 0 Å². The standard InChI is InChI=1S/C14H14N2O/c1-16(11-17)14-9-7-13(8-10-14)15-12-5-3-2-4-6-12/h2-11,15H,1H3. The number of rotatable bonds is 4. The molecule has 0 fully saturated rings. The van der Waals surface area contributed by atoms with Crippen molar-refractivity contribution in [2.45, 2.75) is 0 Å². The average Bonchev–Trinajstić information content (AvgIpc) is 2.40. The third-order valence-electron chi connectivity index (χ3n) is 2.50. The molecule has 1 N–H and O–H groups in total. The molecule has 0 aliphatic rings. The van der Waals surface area contributed by atoms with Crippen molar-refractivity contribution < 1.29 is 4.79 Å². The number of benzene rings is 2. The Bertz CT molecular complexity index is 479. The van der Waals surface area contributed by atoms with E-state index in [2.05, 4.69) is 5.32 Å². The summed E-state index contributed by atoms with van der Waals surface area (Å²) in [5.41, 5.74) is 2.92. The fraction of sp³-hybridized carbons (Fsp3) is 0.0714. The Kier molecular flexibility index (Phi) is 3.40.